The summed E-state index contributed by atoms with van der Waals surface area (Å²) < 4.78 is 0. The van der Waals surface area contributed by atoms with Crippen LogP contribution in [0, 0.1) is 5.92 Å². The van der Waals surface area contributed by atoms with Crippen LogP contribution in [0.15, 0.2) is 24.3 Å². The molecule has 2 rings (SSSR count). The van der Waals surface area contributed by atoms with Crippen LogP contribution >= 0.6 is 0 Å². The van der Waals surface area contributed by atoms with Gasteiger partial charge in [0.1, 0.15) is 0 Å². The van der Waals surface area contributed by atoms with E-state index < -0.39 is 0 Å². The van der Waals surface area contributed by atoms with Crippen molar-refractivity contribution in [1.29, 1.82) is 0 Å². The first kappa shape index (κ1) is 13.6. The van der Waals surface area contributed by atoms with Crippen molar-refractivity contribution in [2.45, 2.75) is 45.8 Å². The Labute approximate surface area is 111 Å². The molecule has 1 N–H and O–H groups in total. The first-order valence-corrected chi connectivity index (χ1v) is 7.17. The highest BCUT2D eigenvalue weighted by Crippen LogP contribution is 2.26. The first-order chi connectivity index (χ1) is 8.72. The molecule has 2 heteroatoms. The third kappa shape index (κ3) is 3.12. The molecule has 1 aromatic rings. The number of likely N-dealkylation sites (tertiary alicyclic amines) is 1. The Kier molecular flexibility index (Phi) is 4.79. The molecule has 1 aliphatic heterocycles. The number of nitrogens with one attached hydrogen (secondary N) is 1. The summed E-state index contributed by atoms with van der Waals surface area (Å²) in [6, 6.07) is 9.59. The van der Waals surface area contributed by atoms with Crippen molar-refractivity contribution in [3.63, 3.8) is 0 Å². The third-order valence-corrected chi connectivity index (χ3v) is 4.04. The summed E-state index contributed by atoms with van der Waals surface area (Å²) in [7, 11) is 2.02. The molecule has 1 fully saturated rings. The fourth-order valence-electron chi connectivity index (χ4n) is 3.10. The molecule has 1 atom stereocenters. The summed E-state index contributed by atoms with van der Waals surface area (Å²) in [5.74, 6) is 0.768. The molecule has 0 bridgehead atoms. The minimum atomic E-state index is 0.768. The Hall–Kier alpha value is -0.860. The van der Waals surface area contributed by atoms with Crippen LogP contribution in [0.3, 0.4) is 0 Å². The van der Waals surface area contributed by atoms with Crippen molar-refractivity contribution in [3.05, 3.63) is 35.4 Å². The lowest BCUT2D eigenvalue weighted by Gasteiger charge is -2.28. The monoisotopic (exact) mass is 246 g/mol. The van der Waals surface area contributed by atoms with Gasteiger partial charge in [0.05, 0.1) is 0 Å². The summed E-state index contributed by atoms with van der Waals surface area (Å²) in [4.78, 5) is 2.67. The highest BCUT2D eigenvalue weighted by molar-refractivity contribution is 5.27. The maximum Gasteiger partial charge on any atom is 0.0240 e. The maximum atomic E-state index is 3.26. The predicted octanol–water partition coefficient (Wildman–Crippen LogP) is 3.03. The van der Waals surface area contributed by atoms with E-state index in [9.17, 15) is 0 Å². The van der Waals surface area contributed by atoms with E-state index in [0.29, 0.717) is 0 Å². The summed E-state index contributed by atoms with van der Waals surface area (Å²) >= 11 is 0. The van der Waals surface area contributed by atoms with Gasteiger partial charge in [-0.15, -0.1) is 0 Å². The first-order valence-electron chi connectivity index (χ1n) is 7.17. The molecule has 1 heterocycles. The minimum Gasteiger partial charge on any atom is -0.316 e. The highest BCUT2D eigenvalue weighted by Gasteiger charge is 2.27. The molecule has 1 aliphatic rings. The standard InChI is InChI=1S/C16H26N2/c1-13(2)16-9-6-10-18(16)12-15-8-5-4-7-14(15)11-17-3/h4-5,7-8,13,16-17H,6,9-12H2,1-3H3. The van der Waals surface area contributed by atoms with Gasteiger partial charge in [0, 0.05) is 19.1 Å². The largest absolute Gasteiger partial charge is 0.316 e. The minimum absolute atomic E-state index is 0.768. The van der Waals surface area contributed by atoms with E-state index in [-0.39, 0.29) is 0 Å². The zero-order valence-electron chi connectivity index (χ0n) is 11.9. The van der Waals surface area contributed by atoms with Crippen LogP contribution in [0.25, 0.3) is 0 Å². The Morgan fingerprint density at radius 3 is 2.67 bits per heavy atom. The second kappa shape index (κ2) is 6.35. The fraction of sp³-hybridized carbons (Fsp3) is 0.625. The molecular weight excluding hydrogens is 220 g/mol. The zero-order chi connectivity index (χ0) is 13.0. The molecule has 0 saturated carbocycles. The van der Waals surface area contributed by atoms with Crippen molar-refractivity contribution < 1.29 is 0 Å². The normalized spacial score (nSPS) is 20.8. The van der Waals surface area contributed by atoms with E-state index in [1.807, 2.05) is 7.05 Å². The van der Waals surface area contributed by atoms with E-state index in [0.717, 1.165) is 25.0 Å². The van der Waals surface area contributed by atoms with E-state index in [1.165, 1.54) is 30.5 Å². The predicted molar refractivity (Wildman–Crippen MR) is 77.5 cm³/mol. The van der Waals surface area contributed by atoms with Crippen LogP contribution in [0.1, 0.15) is 37.8 Å². The molecule has 1 aromatic carbocycles. The van der Waals surface area contributed by atoms with E-state index in [2.05, 4.69) is 48.3 Å². The van der Waals surface area contributed by atoms with Gasteiger partial charge in [-0.2, -0.15) is 0 Å². The summed E-state index contributed by atoms with van der Waals surface area (Å²) in [6.45, 7) is 8.04. The van der Waals surface area contributed by atoms with Gasteiger partial charge in [0.15, 0.2) is 0 Å². The van der Waals surface area contributed by atoms with Crippen molar-refractivity contribution in [2.24, 2.45) is 5.92 Å². The van der Waals surface area contributed by atoms with Crippen LogP contribution in [-0.2, 0) is 13.1 Å². The van der Waals surface area contributed by atoms with E-state index >= 15 is 0 Å². The smallest absolute Gasteiger partial charge is 0.0240 e. The summed E-state index contributed by atoms with van der Waals surface area (Å²) in [5.41, 5.74) is 2.92. The molecule has 2 nitrogen and oxygen atoms in total. The topological polar surface area (TPSA) is 15.3 Å². The van der Waals surface area contributed by atoms with Crippen LogP contribution in [0.4, 0.5) is 0 Å². The van der Waals surface area contributed by atoms with Gasteiger partial charge in [-0.25, -0.2) is 0 Å². The van der Waals surface area contributed by atoms with Crippen LogP contribution in [0.5, 0.6) is 0 Å². The number of nitrogens with zero attached hydrogens (tertiary/aromatic N) is 1. The van der Waals surface area contributed by atoms with Crippen LogP contribution in [0.2, 0.25) is 0 Å². The molecule has 0 aromatic heterocycles. The van der Waals surface area contributed by atoms with Crippen molar-refractivity contribution in [3.8, 4) is 0 Å². The Balaban J connectivity index is 2.08. The average molecular weight is 246 g/mol. The lowest BCUT2D eigenvalue weighted by atomic mass is 10.0. The lowest BCUT2D eigenvalue weighted by Crippen LogP contribution is -2.33. The lowest BCUT2D eigenvalue weighted by molar-refractivity contribution is 0.198. The fourth-order valence-corrected chi connectivity index (χ4v) is 3.10. The van der Waals surface area contributed by atoms with Gasteiger partial charge in [0.25, 0.3) is 0 Å². The summed E-state index contributed by atoms with van der Waals surface area (Å²) in [6.07, 6.45) is 2.73. The highest BCUT2D eigenvalue weighted by atomic mass is 15.2. The third-order valence-electron chi connectivity index (χ3n) is 4.04. The Bertz CT molecular complexity index is 373. The Morgan fingerprint density at radius 1 is 1.28 bits per heavy atom. The second-order valence-corrected chi connectivity index (χ2v) is 5.72. The second-order valence-electron chi connectivity index (χ2n) is 5.72. The molecule has 0 radical (unpaired) electrons. The zero-order valence-corrected chi connectivity index (χ0v) is 11.9. The Morgan fingerprint density at radius 2 is 2.00 bits per heavy atom. The van der Waals surface area contributed by atoms with Crippen LogP contribution in [-0.4, -0.2) is 24.5 Å². The number of rotatable bonds is 5. The number of hydrogen-bond acceptors (Lipinski definition) is 2. The van der Waals surface area contributed by atoms with Crippen molar-refractivity contribution in [2.75, 3.05) is 13.6 Å². The van der Waals surface area contributed by atoms with Gasteiger partial charge in [-0.1, -0.05) is 38.1 Å². The maximum absolute atomic E-state index is 3.26. The van der Waals surface area contributed by atoms with Crippen molar-refractivity contribution >= 4 is 0 Å². The number of benzene rings is 1. The molecule has 1 unspecified atom stereocenters. The van der Waals surface area contributed by atoms with Gasteiger partial charge < -0.3 is 5.32 Å². The quantitative estimate of drug-likeness (QED) is 0.859. The van der Waals surface area contributed by atoms with Gasteiger partial charge in [0.2, 0.25) is 0 Å². The summed E-state index contributed by atoms with van der Waals surface area (Å²) in [5, 5.41) is 3.26. The van der Waals surface area contributed by atoms with Gasteiger partial charge >= 0.3 is 0 Å². The van der Waals surface area contributed by atoms with E-state index in [1.54, 1.807) is 0 Å². The van der Waals surface area contributed by atoms with Gasteiger partial charge in [-0.3, -0.25) is 4.90 Å². The molecule has 18 heavy (non-hydrogen) atoms. The number of hydrogen-bond donors (Lipinski definition) is 1. The van der Waals surface area contributed by atoms with E-state index in [4.69, 9.17) is 0 Å². The SMILES string of the molecule is CNCc1ccccc1CN1CCCC1C(C)C. The molecular formula is C16H26N2. The molecule has 0 amide bonds. The molecule has 0 spiro atoms. The van der Waals surface area contributed by atoms with Crippen LogP contribution < -0.4 is 5.32 Å². The van der Waals surface area contributed by atoms with Gasteiger partial charge in [-0.05, 0) is 43.5 Å². The van der Waals surface area contributed by atoms with Crippen molar-refractivity contribution in [1.82, 2.24) is 10.2 Å². The molecule has 100 valence electrons. The molecule has 1 saturated heterocycles. The molecule has 0 aliphatic carbocycles. The average Bonchev–Trinajstić information content (AvgIpc) is 2.80.